The topological polar surface area (TPSA) is 68.3 Å². The largest absolute Gasteiger partial charge is 0.475 e. The lowest BCUT2D eigenvalue weighted by Crippen LogP contribution is -1.92. The highest BCUT2D eigenvalue weighted by atomic mass is 35.5. The Bertz CT molecular complexity index is 832. The van der Waals surface area contributed by atoms with Crippen LogP contribution >= 0.6 is 11.6 Å². The van der Waals surface area contributed by atoms with Crippen LogP contribution in [-0.4, -0.2) is 20.8 Å². The Morgan fingerprint density at radius 1 is 1.45 bits per heavy atom. The van der Waals surface area contributed by atoms with Gasteiger partial charge in [0, 0.05) is 29.8 Å². The second kappa shape index (κ2) is 4.38. The van der Waals surface area contributed by atoms with Gasteiger partial charge in [-0.05, 0) is 19.1 Å². The van der Waals surface area contributed by atoms with Crippen molar-refractivity contribution >= 4 is 28.5 Å². The van der Waals surface area contributed by atoms with Gasteiger partial charge in [-0.15, -0.1) is 0 Å². The Kier molecular flexibility index (Phi) is 2.79. The van der Waals surface area contributed by atoms with Crippen LogP contribution in [0.25, 0.3) is 22.2 Å². The molecule has 0 aliphatic carbocycles. The monoisotopic (exact) mass is 290 g/mol. The van der Waals surface area contributed by atoms with Gasteiger partial charge in [0.05, 0.1) is 10.5 Å². The van der Waals surface area contributed by atoms with Crippen molar-refractivity contribution in [3.05, 3.63) is 40.7 Å². The van der Waals surface area contributed by atoms with Crippen LogP contribution in [0.2, 0.25) is 5.02 Å². The summed E-state index contributed by atoms with van der Waals surface area (Å²) >= 11 is 6.28. The van der Waals surface area contributed by atoms with E-state index in [1.54, 1.807) is 6.07 Å². The Hall–Kier alpha value is -2.27. The molecular weight excluding hydrogens is 280 g/mol. The van der Waals surface area contributed by atoms with Crippen LogP contribution in [0, 0.1) is 6.92 Å². The Morgan fingerprint density at radius 2 is 2.20 bits per heavy atom. The number of aromatic carboxylic acids is 1. The third kappa shape index (κ3) is 1.71. The lowest BCUT2D eigenvalue weighted by molar-refractivity contribution is 0.0652. The number of aromatic nitrogens is 2. The lowest BCUT2D eigenvalue weighted by atomic mass is 10.1. The van der Waals surface area contributed by atoms with E-state index in [1.807, 2.05) is 30.7 Å². The molecule has 0 bridgehead atoms. The maximum absolute atomic E-state index is 10.9. The van der Waals surface area contributed by atoms with E-state index in [2.05, 4.69) is 5.16 Å². The first kappa shape index (κ1) is 12.7. The molecule has 0 saturated heterocycles. The van der Waals surface area contributed by atoms with Crippen LogP contribution in [0.15, 0.2) is 28.8 Å². The fourth-order valence-corrected chi connectivity index (χ4v) is 2.64. The number of rotatable bonds is 2. The SMILES string of the molecule is Cc1c(-c2cc(C(=O)O)on2)c2c(Cl)cccc2n1C. The number of nitrogens with zero attached hydrogens (tertiary/aromatic N) is 2. The van der Waals surface area contributed by atoms with Crippen molar-refractivity contribution in [2.45, 2.75) is 6.92 Å². The molecule has 0 atom stereocenters. The predicted molar refractivity (Wildman–Crippen MR) is 75.1 cm³/mol. The van der Waals surface area contributed by atoms with Crippen LogP contribution in [0.4, 0.5) is 0 Å². The van der Waals surface area contributed by atoms with E-state index in [0.29, 0.717) is 10.7 Å². The molecule has 2 heterocycles. The maximum Gasteiger partial charge on any atom is 0.374 e. The number of halogens is 1. The van der Waals surface area contributed by atoms with Crippen molar-refractivity contribution in [2.24, 2.45) is 7.05 Å². The minimum atomic E-state index is -1.15. The van der Waals surface area contributed by atoms with E-state index in [4.69, 9.17) is 21.2 Å². The first-order chi connectivity index (χ1) is 9.50. The molecule has 0 saturated carbocycles. The molecule has 0 spiro atoms. The van der Waals surface area contributed by atoms with Gasteiger partial charge < -0.3 is 14.2 Å². The fourth-order valence-electron chi connectivity index (χ4n) is 2.38. The number of hydrogen-bond donors (Lipinski definition) is 1. The minimum absolute atomic E-state index is 0.191. The van der Waals surface area contributed by atoms with Crippen molar-refractivity contribution in [2.75, 3.05) is 0 Å². The zero-order chi connectivity index (χ0) is 14.4. The summed E-state index contributed by atoms with van der Waals surface area (Å²) in [6, 6.07) is 7.04. The van der Waals surface area contributed by atoms with Gasteiger partial charge in [0.2, 0.25) is 5.76 Å². The zero-order valence-corrected chi connectivity index (χ0v) is 11.6. The number of carboxylic acid groups (broad SMARTS) is 1. The highest BCUT2D eigenvalue weighted by Crippen LogP contribution is 2.37. The summed E-state index contributed by atoms with van der Waals surface area (Å²) in [5.41, 5.74) is 3.17. The average molecular weight is 291 g/mol. The van der Waals surface area contributed by atoms with Gasteiger partial charge >= 0.3 is 5.97 Å². The molecule has 3 rings (SSSR count). The Balaban J connectivity index is 2.35. The molecule has 1 N–H and O–H groups in total. The van der Waals surface area contributed by atoms with E-state index in [1.165, 1.54) is 6.07 Å². The molecule has 0 fully saturated rings. The van der Waals surface area contributed by atoms with E-state index < -0.39 is 5.97 Å². The average Bonchev–Trinajstić information content (AvgIpc) is 2.97. The molecule has 0 amide bonds. The van der Waals surface area contributed by atoms with Crippen LogP contribution in [-0.2, 0) is 7.05 Å². The first-order valence-electron chi connectivity index (χ1n) is 5.94. The molecule has 102 valence electrons. The predicted octanol–water partition coefficient (Wildman–Crippen LogP) is 3.49. The molecule has 20 heavy (non-hydrogen) atoms. The number of aryl methyl sites for hydroxylation is 1. The fraction of sp³-hybridized carbons (Fsp3) is 0.143. The summed E-state index contributed by atoms with van der Waals surface area (Å²) in [5.74, 6) is -1.34. The highest BCUT2D eigenvalue weighted by Gasteiger charge is 2.20. The van der Waals surface area contributed by atoms with Crippen molar-refractivity contribution in [1.82, 2.24) is 9.72 Å². The van der Waals surface area contributed by atoms with Crippen LogP contribution in [0.1, 0.15) is 16.2 Å². The van der Waals surface area contributed by atoms with E-state index in [0.717, 1.165) is 22.2 Å². The molecule has 3 aromatic rings. The standard InChI is InChI=1S/C14H11ClN2O3/c1-7-12(9-6-11(14(18)19)20-16-9)13-8(15)4-3-5-10(13)17(7)2/h3-6H,1-2H3,(H,18,19). The summed E-state index contributed by atoms with van der Waals surface area (Å²) in [6.07, 6.45) is 0. The van der Waals surface area contributed by atoms with Gasteiger partial charge in [-0.3, -0.25) is 0 Å². The van der Waals surface area contributed by atoms with Crippen LogP contribution in [0.5, 0.6) is 0 Å². The Morgan fingerprint density at radius 3 is 2.85 bits per heavy atom. The third-order valence-corrected chi connectivity index (χ3v) is 3.76. The van der Waals surface area contributed by atoms with E-state index in [9.17, 15) is 4.79 Å². The summed E-state index contributed by atoms with van der Waals surface area (Å²) < 4.78 is 6.82. The quantitative estimate of drug-likeness (QED) is 0.784. The number of fused-ring (bicyclic) bond motifs is 1. The summed E-state index contributed by atoms with van der Waals surface area (Å²) in [5, 5.41) is 14.2. The van der Waals surface area contributed by atoms with Gasteiger partial charge in [-0.1, -0.05) is 22.8 Å². The number of hydrogen-bond acceptors (Lipinski definition) is 3. The highest BCUT2D eigenvalue weighted by molar-refractivity contribution is 6.36. The zero-order valence-electron chi connectivity index (χ0n) is 10.8. The molecule has 2 aromatic heterocycles. The summed E-state index contributed by atoms with van der Waals surface area (Å²) in [4.78, 5) is 10.9. The van der Waals surface area contributed by atoms with E-state index >= 15 is 0 Å². The van der Waals surface area contributed by atoms with Crippen molar-refractivity contribution < 1.29 is 14.4 Å². The van der Waals surface area contributed by atoms with Gasteiger partial charge in [-0.25, -0.2) is 4.79 Å². The molecule has 0 aliphatic rings. The number of carboxylic acids is 1. The minimum Gasteiger partial charge on any atom is -0.475 e. The molecule has 6 heteroatoms. The van der Waals surface area contributed by atoms with Crippen LogP contribution < -0.4 is 0 Å². The van der Waals surface area contributed by atoms with Gasteiger partial charge in [0.25, 0.3) is 0 Å². The number of carbonyl (C=O) groups is 1. The Labute approximate surface area is 119 Å². The molecule has 0 aliphatic heterocycles. The second-order valence-electron chi connectivity index (χ2n) is 4.53. The molecule has 0 radical (unpaired) electrons. The number of benzene rings is 1. The van der Waals surface area contributed by atoms with Crippen molar-refractivity contribution in [3.8, 4) is 11.3 Å². The van der Waals surface area contributed by atoms with Gasteiger partial charge in [0.15, 0.2) is 0 Å². The van der Waals surface area contributed by atoms with Crippen LogP contribution in [0.3, 0.4) is 0 Å². The third-order valence-electron chi connectivity index (χ3n) is 3.44. The van der Waals surface area contributed by atoms with Crippen molar-refractivity contribution in [3.63, 3.8) is 0 Å². The van der Waals surface area contributed by atoms with Gasteiger partial charge in [-0.2, -0.15) is 0 Å². The molecular formula is C14H11ClN2O3. The van der Waals surface area contributed by atoms with Gasteiger partial charge in [0.1, 0.15) is 5.69 Å². The summed E-state index contributed by atoms with van der Waals surface area (Å²) in [7, 11) is 1.93. The molecule has 0 unspecified atom stereocenters. The maximum atomic E-state index is 10.9. The van der Waals surface area contributed by atoms with E-state index in [-0.39, 0.29) is 5.76 Å². The normalized spacial score (nSPS) is 11.2. The summed E-state index contributed by atoms with van der Waals surface area (Å²) in [6.45, 7) is 1.93. The molecule has 5 nitrogen and oxygen atoms in total. The smallest absolute Gasteiger partial charge is 0.374 e. The second-order valence-corrected chi connectivity index (χ2v) is 4.94. The lowest BCUT2D eigenvalue weighted by Gasteiger charge is -1.97. The first-order valence-corrected chi connectivity index (χ1v) is 6.32. The van der Waals surface area contributed by atoms with Crippen molar-refractivity contribution in [1.29, 1.82) is 0 Å². The molecule has 1 aromatic carbocycles.